The summed E-state index contributed by atoms with van der Waals surface area (Å²) in [7, 11) is -4.62. The number of hydrogen-bond donors (Lipinski definition) is 4. The Morgan fingerprint density at radius 2 is 0.828 bits per heavy atom. The van der Waals surface area contributed by atoms with E-state index >= 15 is 0 Å². The summed E-state index contributed by atoms with van der Waals surface area (Å²) in [6.07, 6.45) is -0.860. The predicted octanol–water partition coefficient (Wildman–Crippen LogP) is -0.725. The molecule has 0 unspecified atom stereocenters. The van der Waals surface area contributed by atoms with Gasteiger partial charge in [0.2, 0.25) is 0 Å². The Morgan fingerprint density at radius 3 is 1.05 bits per heavy atom. The monoisotopic (exact) mass is 832 g/mol. The summed E-state index contributed by atoms with van der Waals surface area (Å²) in [6.45, 7) is 16.6. The second kappa shape index (κ2) is 26.9. The highest BCUT2D eigenvalue weighted by Gasteiger charge is 2.32. The second-order valence-electron chi connectivity index (χ2n) is 15.0. The number of carboxylic acids is 1. The van der Waals surface area contributed by atoms with Crippen molar-refractivity contribution in [1.82, 2.24) is 5.32 Å². The number of aliphatic carboxylic acids is 1. The van der Waals surface area contributed by atoms with Gasteiger partial charge >= 0.3 is 0 Å². The third kappa shape index (κ3) is 19.8. The zero-order valence-electron chi connectivity index (χ0n) is 33.8. The number of benzene rings is 3. The summed E-state index contributed by atoms with van der Waals surface area (Å²) in [4.78, 5) is 29.2. The summed E-state index contributed by atoms with van der Waals surface area (Å²) in [5.41, 5.74) is 4.04. The van der Waals surface area contributed by atoms with E-state index in [1.54, 1.807) is 0 Å². The Morgan fingerprint density at radius 1 is 0.552 bits per heavy atom. The molecule has 0 bridgehead atoms. The lowest BCUT2D eigenvalue weighted by Crippen LogP contribution is -2.55. The molecule has 0 radical (unpaired) electrons. The number of carbonyl (C=O) groups is 1. The molecule has 0 spiro atoms. The minimum atomic E-state index is -4.62. The van der Waals surface area contributed by atoms with Crippen LogP contribution in [0.5, 0.6) is 0 Å². The Hall–Kier alpha value is -3.12. The van der Waals surface area contributed by atoms with Gasteiger partial charge in [0.05, 0.1) is 65.4 Å². The van der Waals surface area contributed by atoms with Crippen LogP contribution in [0.1, 0.15) is 16.7 Å². The number of nitrogens with one attached hydrogen (secondary N) is 1. The van der Waals surface area contributed by atoms with Crippen LogP contribution in [0.15, 0.2) is 91.0 Å². The Kier molecular flexibility index (Phi) is 22.8. The average Bonchev–Trinajstić information content (AvgIpc) is 3.20. The van der Waals surface area contributed by atoms with Crippen molar-refractivity contribution < 1.29 is 67.2 Å². The lowest BCUT2D eigenvalue weighted by atomic mass is 10.1. The van der Waals surface area contributed by atoms with E-state index in [2.05, 4.69) is 72.8 Å². The van der Waals surface area contributed by atoms with E-state index in [1.165, 1.54) is 16.7 Å². The van der Waals surface area contributed by atoms with Gasteiger partial charge < -0.3 is 72.5 Å². The highest BCUT2D eigenvalue weighted by molar-refractivity contribution is 7.48. The molecule has 3 aliphatic rings. The van der Waals surface area contributed by atoms with Crippen molar-refractivity contribution in [2.75, 3.05) is 131 Å². The number of aliphatic hydroxyl groups is 3. The summed E-state index contributed by atoms with van der Waals surface area (Å²) in [6, 6.07) is 31.5. The fourth-order valence-corrected chi connectivity index (χ4v) is 7.80. The predicted molar refractivity (Wildman–Crippen MR) is 214 cm³/mol. The van der Waals surface area contributed by atoms with Gasteiger partial charge in [0.15, 0.2) is 0 Å². The van der Waals surface area contributed by atoms with Crippen LogP contribution in [-0.2, 0) is 43.2 Å². The second-order valence-corrected chi connectivity index (χ2v) is 16.6. The normalized spacial score (nSPS) is 18.2. The fourth-order valence-electron chi connectivity index (χ4n) is 7.42. The van der Waals surface area contributed by atoms with Crippen LogP contribution in [0.25, 0.3) is 0 Å². The van der Waals surface area contributed by atoms with E-state index in [9.17, 15) is 39.6 Å². The highest BCUT2D eigenvalue weighted by Crippen LogP contribution is 2.20. The molecule has 0 aliphatic carbocycles. The van der Waals surface area contributed by atoms with Crippen molar-refractivity contribution in [2.24, 2.45) is 0 Å². The third-order valence-corrected chi connectivity index (χ3v) is 11.3. The fraction of sp³-hybridized carbons (Fsp3) is 0.548. The van der Waals surface area contributed by atoms with Crippen molar-refractivity contribution in [2.45, 2.75) is 19.6 Å². The summed E-state index contributed by atoms with van der Waals surface area (Å²) in [5, 5.41) is 39.1. The van der Waals surface area contributed by atoms with Crippen LogP contribution in [0.3, 0.4) is 0 Å². The third-order valence-electron chi connectivity index (χ3n) is 10.6. The van der Waals surface area contributed by atoms with Gasteiger partial charge in [-0.3, -0.25) is 0 Å². The number of carboxylic acid groups (broad SMARTS) is 1. The summed E-state index contributed by atoms with van der Waals surface area (Å²) in [5.74, 6) is -1.45. The number of morpholine rings is 3. The Balaban J connectivity index is 0.000000210. The van der Waals surface area contributed by atoms with Crippen molar-refractivity contribution in [3.63, 3.8) is 0 Å². The van der Waals surface area contributed by atoms with Crippen LogP contribution < -0.4 is 20.2 Å². The molecule has 3 aromatic carbocycles. The van der Waals surface area contributed by atoms with Gasteiger partial charge in [-0.25, -0.2) is 0 Å². The number of hydrogen-bond acceptors (Lipinski definition) is 12. The maximum atomic E-state index is 9.81. The summed E-state index contributed by atoms with van der Waals surface area (Å²) >= 11 is 0. The number of rotatable bonds is 16. The molecular weight excluding hydrogens is 767 g/mol. The molecule has 3 heterocycles. The van der Waals surface area contributed by atoms with Crippen molar-refractivity contribution in [1.29, 1.82) is 0 Å². The molecular formula is C42H65N4O11P. The first-order valence-electron chi connectivity index (χ1n) is 20.1. The smallest absolute Gasteiger partial charge is 0.105 e. The van der Waals surface area contributed by atoms with Gasteiger partial charge in [0.1, 0.15) is 78.5 Å². The first-order chi connectivity index (χ1) is 28.0. The van der Waals surface area contributed by atoms with E-state index < -0.39 is 26.4 Å². The molecule has 3 fully saturated rings. The highest BCUT2D eigenvalue weighted by atomic mass is 31.2. The van der Waals surface area contributed by atoms with Crippen LogP contribution in [0, 0.1) is 0 Å². The van der Waals surface area contributed by atoms with Crippen LogP contribution in [0.4, 0.5) is 0 Å². The molecule has 0 amide bonds. The van der Waals surface area contributed by atoms with E-state index in [0.717, 1.165) is 132 Å². The van der Waals surface area contributed by atoms with Crippen LogP contribution in [-0.4, -0.2) is 166 Å². The zero-order chi connectivity index (χ0) is 42.0. The summed E-state index contributed by atoms with van der Waals surface area (Å²) < 4.78 is 28.9. The van der Waals surface area contributed by atoms with E-state index in [4.69, 9.17) is 14.2 Å². The standard InChI is InChI=1S/3C13H20NO2.C3H8NO5P/c3*15-9-6-14(7-10-16-11-8-14)12-13-4-2-1-3-5-13;5-3(6)1-4-2-10(7,8)9/h3*1-5,15H,6-12H2;4H,1-2H2,(H,5,6)(H2,7,8,9)/q3*+1;/p-3. The molecule has 3 aromatic rings. The van der Waals surface area contributed by atoms with E-state index in [0.29, 0.717) is 0 Å². The van der Waals surface area contributed by atoms with Gasteiger partial charge in [-0.1, -0.05) is 98.6 Å². The SMILES string of the molecule is O=C([O-])CNCP(=O)([O-])[O-].OCC[N+]1(Cc2ccccc2)CCOCC1.OCC[N+]1(Cc2ccccc2)CCOCC1.OCC[N+]1(Cc2ccccc2)CCOCC1. The van der Waals surface area contributed by atoms with E-state index in [1.807, 2.05) is 23.5 Å². The average molecular weight is 833 g/mol. The molecule has 3 saturated heterocycles. The first kappa shape index (κ1) is 49.2. The van der Waals surface area contributed by atoms with Gasteiger partial charge in [-0.15, -0.1) is 0 Å². The van der Waals surface area contributed by atoms with Crippen molar-refractivity contribution >= 4 is 13.6 Å². The molecule has 58 heavy (non-hydrogen) atoms. The topological polar surface area (TPSA) is 204 Å². The largest absolute Gasteiger partial charge is 0.810 e. The quantitative estimate of drug-likeness (QED) is 0.104. The number of quaternary nitrogens is 3. The minimum absolute atomic E-state index is 0.257. The molecule has 0 atom stereocenters. The van der Waals surface area contributed by atoms with Gasteiger partial charge in [-0.2, -0.15) is 0 Å². The van der Waals surface area contributed by atoms with Crippen LogP contribution >= 0.6 is 7.60 Å². The Bertz CT molecular complexity index is 1380. The number of nitrogens with zero attached hydrogens (tertiary/aromatic N) is 3. The van der Waals surface area contributed by atoms with E-state index in [-0.39, 0.29) is 19.8 Å². The number of aliphatic hydroxyl groups excluding tert-OH is 3. The molecule has 0 aromatic heterocycles. The molecule has 6 rings (SSSR count). The van der Waals surface area contributed by atoms with Gasteiger partial charge in [0.25, 0.3) is 0 Å². The maximum absolute atomic E-state index is 9.81. The van der Waals surface area contributed by atoms with Crippen molar-refractivity contribution in [3.8, 4) is 0 Å². The Labute approximate surface area is 343 Å². The lowest BCUT2D eigenvalue weighted by Gasteiger charge is -2.41. The van der Waals surface area contributed by atoms with Crippen molar-refractivity contribution in [3.05, 3.63) is 108 Å². The minimum Gasteiger partial charge on any atom is -0.810 e. The number of ether oxygens (including phenoxy) is 3. The first-order valence-corrected chi connectivity index (χ1v) is 21.8. The number of carbonyl (C=O) groups excluding carboxylic acids is 1. The zero-order valence-corrected chi connectivity index (χ0v) is 34.7. The van der Waals surface area contributed by atoms with Crippen LogP contribution in [0.2, 0.25) is 0 Å². The molecule has 15 nitrogen and oxygen atoms in total. The lowest BCUT2D eigenvalue weighted by molar-refractivity contribution is -0.947. The molecule has 16 heteroatoms. The molecule has 324 valence electrons. The molecule has 0 saturated carbocycles. The van der Waals surface area contributed by atoms with Gasteiger partial charge in [0, 0.05) is 29.5 Å². The van der Waals surface area contributed by atoms with Gasteiger partial charge in [-0.05, 0) is 0 Å². The maximum Gasteiger partial charge on any atom is 0.105 e. The molecule has 4 N–H and O–H groups in total. The molecule has 3 aliphatic heterocycles.